The third-order valence-corrected chi connectivity index (χ3v) is 8.93. The lowest BCUT2D eigenvalue weighted by Crippen LogP contribution is -2.30. The van der Waals surface area contributed by atoms with Crippen LogP contribution in [0.5, 0.6) is 0 Å². The molecule has 0 rings (SSSR count). The van der Waals surface area contributed by atoms with Crippen molar-refractivity contribution in [2.75, 3.05) is 13.2 Å². The minimum Gasteiger partial charge on any atom is -0.462 e. The van der Waals surface area contributed by atoms with Gasteiger partial charge in [-0.1, -0.05) is 164 Å². The number of esters is 3. The first-order valence-electron chi connectivity index (χ1n) is 21.9. The summed E-state index contributed by atoms with van der Waals surface area (Å²) in [6, 6.07) is 0. The van der Waals surface area contributed by atoms with Crippen molar-refractivity contribution in [3.05, 3.63) is 72.9 Å². The Morgan fingerprint density at radius 2 is 0.759 bits per heavy atom. The molecule has 0 amide bonds. The predicted octanol–water partition coefficient (Wildman–Crippen LogP) is 13.9. The van der Waals surface area contributed by atoms with Crippen molar-refractivity contribution in [1.29, 1.82) is 0 Å². The zero-order valence-electron chi connectivity index (χ0n) is 35.0. The highest BCUT2D eigenvalue weighted by Crippen LogP contribution is 2.12. The molecule has 0 aliphatic carbocycles. The van der Waals surface area contributed by atoms with Crippen LogP contribution < -0.4 is 0 Å². The maximum absolute atomic E-state index is 12.6. The Labute approximate surface area is 332 Å². The molecule has 54 heavy (non-hydrogen) atoms. The van der Waals surface area contributed by atoms with Crippen molar-refractivity contribution >= 4 is 17.9 Å². The van der Waals surface area contributed by atoms with Gasteiger partial charge in [-0.2, -0.15) is 0 Å². The Hall–Kier alpha value is -3.15. The minimum atomic E-state index is -0.781. The van der Waals surface area contributed by atoms with Gasteiger partial charge in [0.2, 0.25) is 0 Å². The smallest absolute Gasteiger partial charge is 0.306 e. The first kappa shape index (κ1) is 50.9. The van der Waals surface area contributed by atoms with Crippen molar-refractivity contribution in [2.24, 2.45) is 0 Å². The minimum absolute atomic E-state index is 0.0871. The van der Waals surface area contributed by atoms with Crippen LogP contribution >= 0.6 is 0 Å². The van der Waals surface area contributed by atoms with Crippen LogP contribution in [0.1, 0.15) is 194 Å². The van der Waals surface area contributed by atoms with E-state index in [9.17, 15) is 14.4 Å². The fourth-order valence-corrected chi connectivity index (χ4v) is 5.64. The van der Waals surface area contributed by atoms with E-state index in [1.54, 1.807) is 0 Å². The molecule has 6 nitrogen and oxygen atoms in total. The average Bonchev–Trinajstić information content (AvgIpc) is 3.17. The zero-order valence-corrected chi connectivity index (χ0v) is 35.0. The normalized spacial score (nSPS) is 12.7. The number of hydrogen-bond acceptors (Lipinski definition) is 6. The van der Waals surface area contributed by atoms with Gasteiger partial charge in [0, 0.05) is 19.3 Å². The fraction of sp³-hybridized carbons (Fsp3) is 0.688. The molecule has 0 aliphatic rings. The van der Waals surface area contributed by atoms with E-state index in [1.807, 2.05) is 0 Å². The summed E-state index contributed by atoms with van der Waals surface area (Å²) in [5, 5.41) is 0. The van der Waals surface area contributed by atoms with Crippen molar-refractivity contribution in [2.45, 2.75) is 200 Å². The Balaban J connectivity index is 4.23. The zero-order chi connectivity index (χ0) is 39.4. The van der Waals surface area contributed by atoms with Crippen LogP contribution in [-0.4, -0.2) is 37.2 Å². The fourth-order valence-electron chi connectivity index (χ4n) is 5.64. The predicted molar refractivity (Wildman–Crippen MR) is 228 cm³/mol. The summed E-state index contributed by atoms with van der Waals surface area (Å²) in [6.45, 7) is 6.32. The van der Waals surface area contributed by atoms with Gasteiger partial charge in [-0.15, -0.1) is 0 Å². The lowest BCUT2D eigenvalue weighted by molar-refractivity contribution is -0.167. The number of rotatable bonds is 38. The van der Waals surface area contributed by atoms with Crippen molar-refractivity contribution in [1.82, 2.24) is 0 Å². The number of hydrogen-bond donors (Lipinski definition) is 0. The van der Waals surface area contributed by atoms with E-state index in [0.29, 0.717) is 19.3 Å². The Bertz CT molecular complexity index is 1050. The van der Waals surface area contributed by atoms with E-state index < -0.39 is 6.10 Å². The first-order valence-corrected chi connectivity index (χ1v) is 21.9. The summed E-state index contributed by atoms with van der Waals surface area (Å²) in [6.07, 6.45) is 52.0. The van der Waals surface area contributed by atoms with Crippen LogP contribution in [0, 0.1) is 0 Å². The molecule has 0 aliphatic heterocycles. The van der Waals surface area contributed by atoms with Crippen LogP contribution in [0.4, 0.5) is 0 Å². The topological polar surface area (TPSA) is 78.9 Å². The molecule has 6 heteroatoms. The number of allylic oxidation sites excluding steroid dienone is 12. The summed E-state index contributed by atoms with van der Waals surface area (Å²) in [5.74, 6) is -0.940. The highest BCUT2D eigenvalue weighted by Gasteiger charge is 2.19. The Kier molecular flexibility index (Phi) is 40.1. The maximum Gasteiger partial charge on any atom is 0.306 e. The van der Waals surface area contributed by atoms with E-state index >= 15 is 0 Å². The highest BCUT2D eigenvalue weighted by atomic mass is 16.6. The number of unbranched alkanes of at least 4 members (excludes halogenated alkanes) is 15. The molecule has 0 spiro atoms. The first-order chi connectivity index (χ1) is 26.5. The van der Waals surface area contributed by atoms with Crippen molar-refractivity contribution < 1.29 is 28.6 Å². The van der Waals surface area contributed by atoms with E-state index in [0.717, 1.165) is 135 Å². The molecule has 0 aromatic carbocycles. The van der Waals surface area contributed by atoms with Gasteiger partial charge in [-0.05, 0) is 83.5 Å². The SMILES string of the molecule is CC/C=C\C/C=C\C/C=C\C/C=C\C/C=C\CCCCCCCC(=O)OCC(COC(=O)CCCCCCC)OC(=O)CCCCCCC/C=C\CCC. The van der Waals surface area contributed by atoms with Crippen molar-refractivity contribution in [3.63, 3.8) is 0 Å². The monoisotopic (exact) mass is 753 g/mol. The quantitative estimate of drug-likeness (QED) is 0.0270. The Morgan fingerprint density at radius 3 is 1.22 bits per heavy atom. The molecule has 0 saturated heterocycles. The van der Waals surface area contributed by atoms with Crippen LogP contribution in [0.25, 0.3) is 0 Å². The molecule has 0 bridgehead atoms. The van der Waals surface area contributed by atoms with Gasteiger partial charge in [0.05, 0.1) is 0 Å². The number of carbonyl (C=O) groups excluding carboxylic acids is 3. The number of ether oxygens (including phenoxy) is 3. The van der Waals surface area contributed by atoms with E-state index in [-0.39, 0.29) is 31.1 Å². The molecule has 1 atom stereocenters. The third kappa shape index (κ3) is 40.0. The van der Waals surface area contributed by atoms with Gasteiger partial charge < -0.3 is 14.2 Å². The summed E-state index contributed by atoms with van der Waals surface area (Å²) < 4.78 is 16.5. The van der Waals surface area contributed by atoms with Gasteiger partial charge >= 0.3 is 17.9 Å². The maximum atomic E-state index is 12.6. The molecular formula is C48H80O6. The standard InChI is InChI=1S/C48H80O6/c1-4-7-10-13-15-17-19-20-21-22-23-24-25-26-27-28-29-31-32-35-38-41-47(50)53-44-45(43-52-46(49)40-37-34-12-9-6-3)54-48(51)42-39-36-33-30-18-16-14-11-8-5-2/h7,10-11,14-15,17,20-21,23-24,26-27,45H,4-6,8-9,12-13,16,18-19,22,25,28-44H2,1-3H3/b10-7-,14-11-,17-15-,21-20-,24-23-,27-26-. The van der Waals surface area contributed by atoms with Gasteiger partial charge in [-0.25, -0.2) is 0 Å². The van der Waals surface area contributed by atoms with Gasteiger partial charge in [-0.3, -0.25) is 14.4 Å². The third-order valence-electron chi connectivity index (χ3n) is 8.93. The lowest BCUT2D eigenvalue weighted by Gasteiger charge is -2.18. The molecule has 0 heterocycles. The van der Waals surface area contributed by atoms with Crippen LogP contribution in [0.3, 0.4) is 0 Å². The molecule has 0 fully saturated rings. The molecular weight excluding hydrogens is 673 g/mol. The molecule has 308 valence electrons. The number of carbonyl (C=O) groups is 3. The van der Waals surface area contributed by atoms with Crippen LogP contribution in [0.2, 0.25) is 0 Å². The van der Waals surface area contributed by atoms with E-state index in [2.05, 4.69) is 93.7 Å². The Morgan fingerprint density at radius 1 is 0.389 bits per heavy atom. The molecule has 0 aromatic heterocycles. The largest absolute Gasteiger partial charge is 0.462 e. The van der Waals surface area contributed by atoms with Gasteiger partial charge in [0.1, 0.15) is 13.2 Å². The summed E-state index contributed by atoms with van der Waals surface area (Å²) in [4.78, 5) is 37.4. The molecule has 0 saturated carbocycles. The second kappa shape index (κ2) is 42.6. The van der Waals surface area contributed by atoms with Crippen molar-refractivity contribution in [3.8, 4) is 0 Å². The molecule has 0 aromatic rings. The molecule has 1 unspecified atom stereocenters. The highest BCUT2D eigenvalue weighted by molar-refractivity contribution is 5.71. The summed E-state index contributed by atoms with van der Waals surface area (Å²) in [7, 11) is 0. The van der Waals surface area contributed by atoms with Gasteiger partial charge in [0.15, 0.2) is 6.10 Å². The van der Waals surface area contributed by atoms with E-state index in [1.165, 1.54) is 19.3 Å². The van der Waals surface area contributed by atoms with E-state index in [4.69, 9.17) is 14.2 Å². The van der Waals surface area contributed by atoms with Gasteiger partial charge in [0.25, 0.3) is 0 Å². The van der Waals surface area contributed by atoms with Crippen LogP contribution in [0.15, 0.2) is 72.9 Å². The molecule has 0 radical (unpaired) electrons. The summed E-state index contributed by atoms with van der Waals surface area (Å²) in [5.41, 5.74) is 0. The second-order valence-electron chi connectivity index (χ2n) is 14.2. The van der Waals surface area contributed by atoms with Crippen LogP contribution in [-0.2, 0) is 28.6 Å². The lowest BCUT2D eigenvalue weighted by atomic mass is 10.1. The summed E-state index contributed by atoms with van der Waals surface area (Å²) >= 11 is 0. The second-order valence-corrected chi connectivity index (χ2v) is 14.2. The average molecular weight is 753 g/mol. The molecule has 0 N–H and O–H groups in total.